The van der Waals surface area contributed by atoms with Crippen LogP contribution in [0.4, 0.5) is 0 Å². The first kappa shape index (κ1) is 11.4. The van der Waals surface area contributed by atoms with Gasteiger partial charge >= 0.3 is 5.97 Å². The highest BCUT2D eigenvalue weighted by atomic mass is 32.2. The van der Waals surface area contributed by atoms with Crippen LogP contribution in [-0.2, 0) is 21.9 Å². The Morgan fingerprint density at radius 1 is 1.47 bits per heavy atom. The van der Waals surface area contributed by atoms with E-state index in [2.05, 4.69) is 0 Å². The molecule has 0 amide bonds. The molecule has 3 N–H and O–H groups in total. The van der Waals surface area contributed by atoms with Gasteiger partial charge in [0.2, 0.25) is 10.0 Å². The number of hydrogen-bond donors (Lipinski definition) is 2. The van der Waals surface area contributed by atoms with Crippen LogP contribution in [0.1, 0.15) is 10.5 Å². The van der Waals surface area contributed by atoms with Crippen LogP contribution in [0.5, 0.6) is 0 Å². The monoisotopic (exact) mass is 232 g/mol. The van der Waals surface area contributed by atoms with Crippen LogP contribution < -0.4 is 5.14 Å². The quantitative estimate of drug-likeness (QED) is 0.508. The zero-order valence-corrected chi connectivity index (χ0v) is 8.48. The molecule has 0 aromatic carbocycles. The van der Waals surface area contributed by atoms with E-state index in [4.69, 9.17) is 10.2 Å². The second-order valence-corrected chi connectivity index (χ2v) is 4.41. The highest BCUT2D eigenvalue weighted by Crippen LogP contribution is 2.12. The molecule has 0 atom stereocenters. The molecule has 0 unspecified atom stereocenters. The van der Waals surface area contributed by atoms with E-state index in [0.717, 1.165) is 16.8 Å². The Labute approximate surface area is 85.2 Å². The maximum absolute atomic E-state index is 11.0. The summed E-state index contributed by atoms with van der Waals surface area (Å²) in [5, 5.41) is 13.2. The second kappa shape index (κ2) is 3.48. The molecule has 1 rings (SSSR count). The lowest BCUT2D eigenvalue weighted by atomic mass is 10.3. The van der Waals surface area contributed by atoms with Crippen molar-refractivity contribution in [1.82, 2.24) is 4.57 Å². The van der Waals surface area contributed by atoms with Gasteiger partial charge in [-0.3, -0.25) is 4.79 Å². The van der Waals surface area contributed by atoms with Crippen molar-refractivity contribution in [2.45, 2.75) is 4.90 Å². The fraction of sp³-hybridized carbons (Fsp3) is 0.143. The largest absolute Gasteiger partial charge is 0.475 e. The smallest absolute Gasteiger partial charge is 0.378 e. The van der Waals surface area contributed by atoms with Crippen LogP contribution in [0.2, 0.25) is 0 Å². The van der Waals surface area contributed by atoms with Crippen molar-refractivity contribution >= 4 is 21.8 Å². The van der Waals surface area contributed by atoms with E-state index < -0.39 is 21.8 Å². The maximum atomic E-state index is 11.0. The number of nitrogens with two attached hydrogens (primary N) is 1. The van der Waals surface area contributed by atoms with Crippen molar-refractivity contribution in [1.29, 1.82) is 0 Å². The number of aryl methyl sites for hydroxylation is 1. The second-order valence-electron chi connectivity index (χ2n) is 2.85. The van der Waals surface area contributed by atoms with Gasteiger partial charge in [-0.05, 0) is 6.07 Å². The Balaban J connectivity index is 3.31. The standard InChI is InChI=1S/C7H8N2O5S/c1-9-3-4(15(8,13)14)2-5(9)6(10)7(11)12/h2-3H,1H3,(H,11,12)(H2,8,13,14). The highest BCUT2D eigenvalue weighted by molar-refractivity contribution is 7.89. The van der Waals surface area contributed by atoms with E-state index in [0.29, 0.717) is 0 Å². The molecular weight excluding hydrogens is 224 g/mol. The van der Waals surface area contributed by atoms with Gasteiger partial charge in [-0.25, -0.2) is 18.4 Å². The molecule has 1 aromatic heterocycles. The lowest BCUT2D eigenvalue weighted by molar-refractivity contribution is -0.131. The lowest BCUT2D eigenvalue weighted by Crippen LogP contribution is -2.15. The van der Waals surface area contributed by atoms with Gasteiger partial charge in [0.15, 0.2) is 0 Å². The summed E-state index contributed by atoms with van der Waals surface area (Å²) in [6, 6.07) is 0.922. The Morgan fingerprint density at radius 2 is 2.00 bits per heavy atom. The van der Waals surface area contributed by atoms with Gasteiger partial charge < -0.3 is 9.67 Å². The molecule has 0 fully saturated rings. The Morgan fingerprint density at radius 3 is 2.33 bits per heavy atom. The number of carboxylic acid groups (broad SMARTS) is 1. The molecule has 0 spiro atoms. The zero-order valence-electron chi connectivity index (χ0n) is 7.67. The average Bonchev–Trinajstić information content (AvgIpc) is 2.45. The van der Waals surface area contributed by atoms with Gasteiger partial charge in [0.05, 0.1) is 5.69 Å². The van der Waals surface area contributed by atoms with Crippen LogP contribution in [0.3, 0.4) is 0 Å². The number of primary sulfonamides is 1. The number of sulfonamides is 1. The van der Waals surface area contributed by atoms with Crippen molar-refractivity contribution in [3.8, 4) is 0 Å². The summed E-state index contributed by atoms with van der Waals surface area (Å²) in [5.41, 5.74) is -0.244. The van der Waals surface area contributed by atoms with Crippen molar-refractivity contribution < 1.29 is 23.1 Å². The normalized spacial score (nSPS) is 11.3. The third-order valence-corrected chi connectivity index (χ3v) is 2.62. The van der Waals surface area contributed by atoms with Crippen LogP contribution in [0, 0.1) is 0 Å². The third-order valence-electron chi connectivity index (χ3n) is 1.74. The topological polar surface area (TPSA) is 119 Å². The van der Waals surface area contributed by atoms with E-state index in [1.165, 1.54) is 7.05 Å². The number of Topliss-reactive ketones (excluding diaryl/α,β-unsaturated/α-hetero) is 1. The molecule has 1 aromatic rings. The van der Waals surface area contributed by atoms with E-state index in [9.17, 15) is 18.0 Å². The molecule has 0 saturated heterocycles. The number of carbonyl (C=O) groups is 2. The van der Waals surface area contributed by atoms with Crippen molar-refractivity contribution in [2.75, 3.05) is 0 Å². The van der Waals surface area contributed by atoms with Crippen LogP contribution >= 0.6 is 0 Å². The van der Waals surface area contributed by atoms with Gasteiger partial charge in [-0.15, -0.1) is 0 Å². The summed E-state index contributed by atoms with van der Waals surface area (Å²) in [5.74, 6) is -2.84. The molecule has 0 aliphatic carbocycles. The van der Waals surface area contributed by atoms with Gasteiger partial charge in [-0.1, -0.05) is 0 Å². The summed E-state index contributed by atoms with van der Waals surface area (Å²) in [7, 11) is -2.58. The maximum Gasteiger partial charge on any atom is 0.378 e. The Hall–Kier alpha value is -1.67. The minimum atomic E-state index is -3.93. The van der Waals surface area contributed by atoms with E-state index in [-0.39, 0.29) is 10.6 Å². The summed E-state index contributed by atoms with van der Waals surface area (Å²) >= 11 is 0. The Kier molecular flexibility index (Phi) is 2.65. The average molecular weight is 232 g/mol. The molecule has 0 radical (unpaired) electrons. The van der Waals surface area contributed by atoms with Crippen LogP contribution in [0.25, 0.3) is 0 Å². The molecule has 7 nitrogen and oxygen atoms in total. The summed E-state index contributed by atoms with van der Waals surface area (Å²) in [6.07, 6.45) is 1.07. The number of aromatic nitrogens is 1. The number of rotatable bonds is 3. The number of nitrogens with zero attached hydrogens (tertiary/aromatic N) is 1. The fourth-order valence-electron chi connectivity index (χ4n) is 1.03. The van der Waals surface area contributed by atoms with Gasteiger partial charge in [-0.2, -0.15) is 0 Å². The van der Waals surface area contributed by atoms with Crippen LogP contribution in [0.15, 0.2) is 17.2 Å². The molecule has 0 bridgehead atoms. The molecule has 0 saturated carbocycles. The van der Waals surface area contributed by atoms with Gasteiger partial charge in [0.25, 0.3) is 5.78 Å². The van der Waals surface area contributed by atoms with E-state index in [1.807, 2.05) is 0 Å². The molecule has 1 heterocycles. The first-order chi connectivity index (χ1) is 6.73. The Bertz CT molecular complexity index is 528. The molecule has 0 aliphatic heterocycles. The van der Waals surface area contributed by atoms with Gasteiger partial charge in [0.1, 0.15) is 4.90 Å². The zero-order chi connectivity index (χ0) is 11.8. The number of ketones is 1. The van der Waals surface area contributed by atoms with Gasteiger partial charge in [0, 0.05) is 13.2 Å². The summed E-state index contributed by atoms with van der Waals surface area (Å²) in [4.78, 5) is 21.1. The number of carboxylic acids is 1. The molecule has 15 heavy (non-hydrogen) atoms. The third kappa shape index (κ3) is 2.22. The van der Waals surface area contributed by atoms with Crippen LogP contribution in [-0.4, -0.2) is 29.8 Å². The molecule has 0 aliphatic rings. The first-order valence-electron chi connectivity index (χ1n) is 3.70. The lowest BCUT2D eigenvalue weighted by Gasteiger charge is -1.95. The molecule has 82 valence electrons. The van der Waals surface area contributed by atoms with E-state index in [1.54, 1.807) is 0 Å². The van der Waals surface area contributed by atoms with E-state index >= 15 is 0 Å². The van der Waals surface area contributed by atoms with Crippen molar-refractivity contribution in [2.24, 2.45) is 12.2 Å². The molecule has 8 heteroatoms. The minimum absolute atomic E-state index is 0.244. The highest BCUT2D eigenvalue weighted by Gasteiger charge is 2.21. The fourth-order valence-corrected chi connectivity index (χ4v) is 1.61. The predicted octanol–water partition coefficient (Wildman–Crippen LogP) is -1.06. The van der Waals surface area contributed by atoms with Crippen molar-refractivity contribution in [3.63, 3.8) is 0 Å². The summed E-state index contributed by atoms with van der Waals surface area (Å²) in [6.45, 7) is 0. The van der Waals surface area contributed by atoms with Crippen molar-refractivity contribution in [3.05, 3.63) is 18.0 Å². The number of hydrogen-bond acceptors (Lipinski definition) is 4. The summed E-state index contributed by atoms with van der Waals surface area (Å²) < 4.78 is 22.9. The number of carbonyl (C=O) groups excluding carboxylic acids is 1. The number of aliphatic carboxylic acids is 1. The molecular formula is C7H8N2O5S. The SMILES string of the molecule is Cn1cc(S(N)(=O)=O)cc1C(=O)C(=O)O. The minimum Gasteiger partial charge on any atom is -0.475 e. The predicted molar refractivity (Wildman–Crippen MR) is 48.8 cm³/mol. The first-order valence-corrected chi connectivity index (χ1v) is 5.25.